The number of hydrogen-bond acceptors (Lipinski definition) is 4. The van der Waals surface area contributed by atoms with Gasteiger partial charge in [0, 0.05) is 49.8 Å². The molecule has 0 aromatic heterocycles. The van der Waals surface area contributed by atoms with E-state index in [2.05, 4.69) is 10.1 Å². The number of hydrogen-bond donors (Lipinski definition) is 3. The molecule has 1 aliphatic heterocycles. The maximum atomic E-state index is 14.1. The number of nitrogens with one attached hydrogen (secondary N) is 1. The van der Waals surface area contributed by atoms with Crippen LogP contribution in [0.15, 0.2) is 18.2 Å². The van der Waals surface area contributed by atoms with Crippen LogP contribution in [0.25, 0.3) is 0 Å². The van der Waals surface area contributed by atoms with Crippen molar-refractivity contribution in [2.75, 3.05) is 19.7 Å². The Balaban J connectivity index is 1.66. The van der Waals surface area contributed by atoms with Gasteiger partial charge in [0.15, 0.2) is 0 Å². The molecule has 1 heterocycles. The van der Waals surface area contributed by atoms with Gasteiger partial charge < -0.3 is 30.7 Å². The van der Waals surface area contributed by atoms with Crippen molar-refractivity contribution >= 4 is 12.1 Å². The summed E-state index contributed by atoms with van der Waals surface area (Å²) in [7, 11) is 0. The average molecular weight is 448 g/mol. The fourth-order valence-electron chi connectivity index (χ4n) is 3.80. The van der Waals surface area contributed by atoms with E-state index in [1.807, 2.05) is 0 Å². The van der Waals surface area contributed by atoms with E-state index in [-0.39, 0.29) is 43.3 Å². The standard InChI is InChI=1S/C19H24F4N4O4/c20-16-6-15(31-19(21,22)23)4-1-12(16)7-25-18(30)27(13-2-3-13)14-5-11(10-28)8-26(9-14)17(24)29/h1,4,6,11,13-14,28H,2-3,5,7-10H2,(H2,24,29)(H,25,30)/t11-,14+/m0/s1. The molecule has 2 fully saturated rings. The number of nitrogens with two attached hydrogens (primary N) is 1. The molecule has 172 valence electrons. The highest BCUT2D eigenvalue weighted by molar-refractivity contribution is 5.76. The van der Waals surface area contributed by atoms with Crippen molar-refractivity contribution in [3.63, 3.8) is 0 Å². The summed E-state index contributed by atoms with van der Waals surface area (Å²) in [6.45, 7) is 0.140. The zero-order chi connectivity index (χ0) is 22.8. The third-order valence-corrected chi connectivity index (χ3v) is 5.34. The van der Waals surface area contributed by atoms with E-state index >= 15 is 0 Å². The molecule has 1 saturated carbocycles. The first-order valence-corrected chi connectivity index (χ1v) is 9.83. The predicted molar refractivity (Wildman–Crippen MR) is 100 cm³/mol. The summed E-state index contributed by atoms with van der Waals surface area (Å²) in [5, 5.41) is 12.1. The second-order valence-electron chi connectivity index (χ2n) is 7.78. The van der Waals surface area contributed by atoms with Crippen molar-refractivity contribution < 1.29 is 37.0 Å². The molecule has 1 aromatic rings. The smallest absolute Gasteiger partial charge is 0.406 e. The largest absolute Gasteiger partial charge is 0.573 e. The molecule has 0 bridgehead atoms. The minimum Gasteiger partial charge on any atom is -0.406 e. The summed E-state index contributed by atoms with van der Waals surface area (Å²) in [6.07, 6.45) is -2.88. The monoisotopic (exact) mass is 448 g/mol. The second-order valence-corrected chi connectivity index (χ2v) is 7.78. The van der Waals surface area contributed by atoms with E-state index in [0.29, 0.717) is 19.0 Å². The average Bonchev–Trinajstić information content (AvgIpc) is 3.51. The molecule has 2 atom stereocenters. The number of aliphatic hydroxyl groups excluding tert-OH is 1. The fraction of sp³-hybridized carbons (Fsp3) is 0.579. The predicted octanol–water partition coefficient (Wildman–Crippen LogP) is 2.16. The Hall–Kier alpha value is -2.76. The molecule has 4 N–H and O–H groups in total. The highest BCUT2D eigenvalue weighted by Gasteiger charge is 2.41. The number of urea groups is 2. The maximum Gasteiger partial charge on any atom is 0.573 e. The number of carbonyl (C=O) groups is 2. The molecule has 8 nitrogen and oxygen atoms in total. The van der Waals surface area contributed by atoms with Gasteiger partial charge in [0.1, 0.15) is 11.6 Å². The molecule has 0 spiro atoms. The van der Waals surface area contributed by atoms with Crippen LogP contribution in [0, 0.1) is 11.7 Å². The van der Waals surface area contributed by atoms with Gasteiger partial charge in [-0.2, -0.15) is 0 Å². The Morgan fingerprint density at radius 3 is 2.52 bits per heavy atom. The number of halogens is 4. The van der Waals surface area contributed by atoms with Crippen molar-refractivity contribution in [1.29, 1.82) is 0 Å². The molecule has 1 aliphatic carbocycles. The molecule has 0 radical (unpaired) electrons. The van der Waals surface area contributed by atoms with Crippen LogP contribution in [0.3, 0.4) is 0 Å². The van der Waals surface area contributed by atoms with Gasteiger partial charge in [-0.3, -0.25) is 0 Å². The van der Waals surface area contributed by atoms with Crippen LogP contribution in [0.5, 0.6) is 5.75 Å². The van der Waals surface area contributed by atoms with E-state index in [0.717, 1.165) is 25.0 Å². The second kappa shape index (κ2) is 9.16. The van der Waals surface area contributed by atoms with Crippen LogP contribution in [0.1, 0.15) is 24.8 Å². The SMILES string of the molecule is NC(=O)N1C[C@@H](CO)C[C@@H](N(C(=O)NCc2ccc(OC(F)(F)F)cc2F)C2CC2)C1. The Labute approximate surface area is 175 Å². The van der Waals surface area contributed by atoms with E-state index < -0.39 is 30.0 Å². The number of likely N-dealkylation sites (tertiary alicyclic amines) is 1. The van der Waals surface area contributed by atoms with Gasteiger partial charge >= 0.3 is 18.4 Å². The van der Waals surface area contributed by atoms with Crippen LogP contribution in [-0.2, 0) is 6.54 Å². The van der Waals surface area contributed by atoms with Crippen molar-refractivity contribution in [3.05, 3.63) is 29.6 Å². The van der Waals surface area contributed by atoms with Crippen molar-refractivity contribution in [2.45, 2.75) is 44.3 Å². The molecule has 0 unspecified atom stereocenters. The maximum absolute atomic E-state index is 14.1. The Kier molecular flexibility index (Phi) is 6.77. The first-order chi connectivity index (χ1) is 14.6. The first kappa shape index (κ1) is 22.9. The molecular weight excluding hydrogens is 424 g/mol. The number of nitrogens with zero attached hydrogens (tertiary/aromatic N) is 2. The zero-order valence-corrected chi connectivity index (χ0v) is 16.6. The van der Waals surface area contributed by atoms with Crippen LogP contribution >= 0.6 is 0 Å². The fourth-order valence-corrected chi connectivity index (χ4v) is 3.80. The number of carbonyl (C=O) groups excluding carboxylic acids is 2. The normalized spacial score (nSPS) is 21.5. The van der Waals surface area contributed by atoms with Crippen LogP contribution in [0.2, 0.25) is 0 Å². The molecule has 3 rings (SSSR count). The van der Waals surface area contributed by atoms with Crippen molar-refractivity contribution in [3.8, 4) is 5.75 Å². The summed E-state index contributed by atoms with van der Waals surface area (Å²) in [5.41, 5.74) is 5.37. The Bertz CT molecular complexity index is 819. The molecule has 1 aromatic carbocycles. The highest BCUT2D eigenvalue weighted by atomic mass is 19.4. The Morgan fingerprint density at radius 1 is 1.26 bits per heavy atom. The Morgan fingerprint density at radius 2 is 1.97 bits per heavy atom. The minimum absolute atomic E-state index is 0.00531. The number of aliphatic hydroxyl groups is 1. The van der Waals surface area contributed by atoms with E-state index in [4.69, 9.17) is 5.73 Å². The number of piperidine rings is 1. The summed E-state index contributed by atoms with van der Waals surface area (Å²) in [4.78, 5) is 27.5. The van der Waals surface area contributed by atoms with Gasteiger partial charge in [-0.05, 0) is 25.3 Å². The van der Waals surface area contributed by atoms with Crippen LogP contribution < -0.4 is 15.8 Å². The first-order valence-electron chi connectivity index (χ1n) is 9.83. The van der Waals surface area contributed by atoms with Gasteiger partial charge in [-0.15, -0.1) is 13.2 Å². The van der Waals surface area contributed by atoms with Gasteiger partial charge in [0.25, 0.3) is 0 Å². The van der Waals surface area contributed by atoms with Crippen LogP contribution in [0.4, 0.5) is 27.2 Å². The van der Waals surface area contributed by atoms with E-state index in [1.165, 1.54) is 4.90 Å². The van der Waals surface area contributed by atoms with Crippen molar-refractivity contribution in [1.82, 2.24) is 15.1 Å². The molecule has 12 heteroatoms. The lowest BCUT2D eigenvalue weighted by atomic mass is 9.94. The number of benzene rings is 1. The molecular formula is C19H24F4N4O4. The third-order valence-electron chi connectivity index (χ3n) is 5.34. The zero-order valence-electron chi connectivity index (χ0n) is 16.6. The molecule has 4 amide bonds. The third kappa shape index (κ3) is 6.12. The topological polar surface area (TPSA) is 108 Å². The summed E-state index contributed by atoms with van der Waals surface area (Å²) < 4.78 is 54.6. The van der Waals surface area contributed by atoms with Gasteiger partial charge in [0.05, 0.1) is 6.04 Å². The lowest BCUT2D eigenvalue weighted by Gasteiger charge is -2.42. The number of ether oxygens (including phenoxy) is 1. The number of primary amides is 1. The summed E-state index contributed by atoms with van der Waals surface area (Å²) in [5.74, 6) is -1.86. The summed E-state index contributed by atoms with van der Waals surface area (Å²) in [6, 6.07) is 1.16. The minimum atomic E-state index is -4.93. The van der Waals surface area contributed by atoms with Crippen molar-refractivity contribution in [2.24, 2.45) is 11.7 Å². The van der Waals surface area contributed by atoms with Crippen LogP contribution in [-0.4, -0.2) is 65.1 Å². The molecule has 31 heavy (non-hydrogen) atoms. The number of alkyl halides is 3. The lowest BCUT2D eigenvalue weighted by Crippen LogP contribution is -2.58. The lowest BCUT2D eigenvalue weighted by molar-refractivity contribution is -0.274. The van der Waals surface area contributed by atoms with Gasteiger partial charge in [-0.25, -0.2) is 14.0 Å². The molecule has 2 aliphatic rings. The highest BCUT2D eigenvalue weighted by Crippen LogP contribution is 2.33. The van der Waals surface area contributed by atoms with E-state index in [9.17, 15) is 32.3 Å². The number of amides is 4. The van der Waals surface area contributed by atoms with E-state index in [1.54, 1.807) is 4.90 Å². The summed E-state index contributed by atoms with van der Waals surface area (Å²) >= 11 is 0. The number of rotatable bonds is 6. The quantitative estimate of drug-likeness (QED) is 0.580. The van der Waals surface area contributed by atoms with Gasteiger partial charge in [0.2, 0.25) is 0 Å². The molecule has 1 saturated heterocycles. The van der Waals surface area contributed by atoms with Gasteiger partial charge in [-0.1, -0.05) is 6.07 Å².